The maximum Gasteiger partial charge on any atom is 0.255 e. The lowest BCUT2D eigenvalue weighted by molar-refractivity contribution is 0.0919. The Balaban J connectivity index is 1.89. The summed E-state index contributed by atoms with van der Waals surface area (Å²) in [4.78, 5) is 12.1. The summed E-state index contributed by atoms with van der Waals surface area (Å²) in [6, 6.07) is 9.54. The molecule has 0 spiro atoms. The summed E-state index contributed by atoms with van der Waals surface area (Å²) in [5, 5.41) is 9.57. The smallest absolute Gasteiger partial charge is 0.255 e. The van der Waals surface area contributed by atoms with E-state index in [-0.39, 0.29) is 11.9 Å². The lowest BCUT2D eigenvalue weighted by Gasteiger charge is -2.17. The maximum atomic E-state index is 12.1. The molecule has 0 aliphatic rings. The van der Waals surface area contributed by atoms with Crippen LogP contribution in [0.25, 0.3) is 0 Å². The number of hydrogen-bond acceptors (Lipinski definition) is 3. The number of aryl methyl sites for hydroxylation is 1. The van der Waals surface area contributed by atoms with Crippen LogP contribution in [-0.4, -0.2) is 28.8 Å². The fourth-order valence-corrected chi connectivity index (χ4v) is 1.82. The van der Waals surface area contributed by atoms with E-state index in [2.05, 4.69) is 15.5 Å². The number of hydrogen-bond donors (Lipinski definition) is 2. The first-order chi connectivity index (χ1) is 9.70. The van der Waals surface area contributed by atoms with E-state index in [1.54, 1.807) is 0 Å². The van der Waals surface area contributed by atoms with Crippen LogP contribution < -0.4 is 10.1 Å². The Morgan fingerprint density at radius 1 is 1.40 bits per heavy atom. The lowest BCUT2D eigenvalue weighted by atomic mass is 10.2. The summed E-state index contributed by atoms with van der Waals surface area (Å²) in [5.74, 6) is 0.680. The zero-order valence-corrected chi connectivity index (χ0v) is 11.7. The van der Waals surface area contributed by atoms with Crippen molar-refractivity contribution in [3.8, 4) is 5.75 Å². The summed E-state index contributed by atoms with van der Waals surface area (Å²) in [7, 11) is 0. The van der Waals surface area contributed by atoms with Gasteiger partial charge in [0.05, 0.1) is 17.8 Å². The molecule has 0 aliphatic heterocycles. The van der Waals surface area contributed by atoms with Crippen LogP contribution in [0.5, 0.6) is 5.75 Å². The van der Waals surface area contributed by atoms with E-state index in [1.807, 2.05) is 44.2 Å². The number of aromatic nitrogens is 2. The number of rotatable bonds is 6. The molecule has 1 aromatic carbocycles. The zero-order chi connectivity index (χ0) is 14.4. The molecule has 0 bridgehead atoms. The van der Waals surface area contributed by atoms with Gasteiger partial charge in [-0.05, 0) is 25.5 Å². The summed E-state index contributed by atoms with van der Waals surface area (Å²) < 4.78 is 5.67. The van der Waals surface area contributed by atoms with Crippen molar-refractivity contribution in [2.75, 3.05) is 6.61 Å². The number of carbonyl (C=O) groups excluding carboxylic acids is 1. The molecule has 1 atom stereocenters. The van der Waals surface area contributed by atoms with Gasteiger partial charge < -0.3 is 10.1 Å². The number of para-hydroxylation sites is 1. The number of nitrogens with one attached hydrogen (secondary N) is 2. The van der Waals surface area contributed by atoms with Gasteiger partial charge in [0.25, 0.3) is 5.91 Å². The van der Waals surface area contributed by atoms with Gasteiger partial charge in [0.2, 0.25) is 0 Å². The van der Waals surface area contributed by atoms with E-state index in [4.69, 9.17) is 4.74 Å². The van der Waals surface area contributed by atoms with Gasteiger partial charge >= 0.3 is 0 Å². The van der Waals surface area contributed by atoms with Gasteiger partial charge in [-0.25, -0.2) is 0 Å². The standard InChI is InChI=1S/C15H19N3O2/c1-3-12(10-20-13-7-5-4-6-8-13)17-15(19)14-9-16-18-11(14)2/h4-9,12H,3,10H2,1-2H3,(H,16,18)(H,17,19). The first-order valence-corrected chi connectivity index (χ1v) is 6.69. The molecule has 20 heavy (non-hydrogen) atoms. The highest BCUT2D eigenvalue weighted by molar-refractivity contribution is 5.95. The van der Waals surface area contributed by atoms with Gasteiger partial charge in [0.15, 0.2) is 0 Å². The first kappa shape index (κ1) is 14.1. The fourth-order valence-electron chi connectivity index (χ4n) is 1.82. The molecule has 1 unspecified atom stereocenters. The van der Waals surface area contributed by atoms with Crippen LogP contribution in [0.2, 0.25) is 0 Å². The summed E-state index contributed by atoms with van der Waals surface area (Å²) in [5.41, 5.74) is 1.34. The van der Waals surface area contributed by atoms with Crippen LogP contribution >= 0.6 is 0 Å². The highest BCUT2D eigenvalue weighted by Crippen LogP contribution is 2.10. The van der Waals surface area contributed by atoms with Gasteiger partial charge in [-0.2, -0.15) is 5.10 Å². The van der Waals surface area contributed by atoms with E-state index in [0.29, 0.717) is 12.2 Å². The molecule has 2 N–H and O–H groups in total. The van der Waals surface area contributed by atoms with Gasteiger partial charge in [-0.1, -0.05) is 25.1 Å². The predicted octanol–water partition coefficient (Wildman–Crippen LogP) is 2.31. The molecule has 0 radical (unpaired) electrons. The SMILES string of the molecule is CCC(COc1ccccc1)NC(=O)c1cn[nH]c1C. The normalized spacial score (nSPS) is 11.9. The van der Waals surface area contributed by atoms with Gasteiger partial charge in [0, 0.05) is 5.69 Å². The summed E-state index contributed by atoms with van der Waals surface area (Å²) in [6.07, 6.45) is 2.34. The predicted molar refractivity (Wildman–Crippen MR) is 76.8 cm³/mol. The Morgan fingerprint density at radius 3 is 2.75 bits per heavy atom. The van der Waals surface area contributed by atoms with Crippen molar-refractivity contribution < 1.29 is 9.53 Å². The van der Waals surface area contributed by atoms with E-state index in [9.17, 15) is 4.79 Å². The van der Waals surface area contributed by atoms with E-state index < -0.39 is 0 Å². The Hall–Kier alpha value is -2.30. The van der Waals surface area contributed by atoms with Crippen LogP contribution in [0, 0.1) is 6.92 Å². The molecule has 5 nitrogen and oxygen atoms in total. The first-order valence-electron chi connectivity index (χ1n) is 6.69. The quantitative estimate of drug-likeness (QED) is 0.848. The van der Waals surface area contributed by atoms with Crippen molar-refractivity contribution in [3.05, 3.63) is 47.8 Å². The van der Waals surface area contributed by atoms with E-state index in [1.165, 1.54) is 6.20 Å². The van der Waals surface area contributed by atoms with Crippen molar-refractivity contribution in [1.82, 2.24) is 15.5 Å². The van der Waals surface area contributed by atoms with Crippen molar-refractivity contribution in [1.29, 1.82) is 0 Å². The van der Waals surface area contributed by atoms with Crippen LogP contribution in [0.15, 0.2) is 36.5 Å². The maximum absolute atomic E-state index is 12.1. The second kappa shape index (κ2) is 6.75. The number of carbonyl (C=O) groups is 1. The topological polar surface area (TPSA) is 67.0 Å². The Kier molecular flexibility index (Phi) is 4.76. The second-order valence-electron chi connectivity index (χ2n) is 4.61. The number of nitrogens with zero attached hydrogens (tertiary/aromatic N) is 1. The molecule has 0 aliphatic carbocycles. The highest BCUT2D eigenvalue weighted by Gasteiger charge is 2.15. The molecule has 106 valence electrons. The third kappa shape index (κ3) is 3.60. The third-order valence-electron chi connectivity index (χ3n) is 3.10. The highest BCUT2D eigenvalue weighted by atomic mass is 16.5. The molecular formula is C15H19N3O2. The van der Waals surface area contributed by atoms with Gasteiger partial charge in [-0.3, -0.25) is 9.89 Å². The molecule has 2 rings (SSSR count). The average Bonchev–Trinajstić information content (AvgIpc) is 2.90. The van der Waals surface area contributed by atoms with Crippen LogP contribution in [-0.2, 0) is 0 Å². The molecule has 5 heteroatoms. The molecule has 0 saturated carbocycles. The molecule has 1 aromatic heterocycles. The lowest BCUT2D eigenvalue weighted by Crippen LogP contribution is -2.38. The Bertz CT molecular complexity index is 551. The van der Waals surface area contributed by atoms with Crippen molar-refractivity contribution >= 4 is 5.91 Å². The molecular weight excluding hydrogens is 254 g/mol. The minimum absolute atomic E-state index is 0.0305. The average molecular weight is 273 g/mol. The van der Waals surface area contributed by atoms with Crippen molar-refractivity contribution in [3.63, 3.8) is 0 Å². The Morgan fingerprint density at radius 2 is 2.15 bits per heavy atom. The summed E-state index contributed by atoms with van der Waals surface area (Å²) >= 11 is 0. The number of benzene rings is 1. The number of amides is 1. The van der Waals surface area contributed by atoms with Crippen molar-refractivity contribution in [2.24, 2.45) is 0 Å². The second-order valence-corrected chi connectivity index (χ2v) is 4.61. The Labute approximate surface area is 118 Å². The minimum atomic E-state index is -0.125. The van der Waals surface area contributed by atoms with E-state index >= 15 is 0 Å². The van der Waals surface area contributed by atoms with Gasteiger partial charge in [0.1, 0.15) is 12.4 Å². The zero-order valence-electron chi connectivity index (χ0n) is 11.7. The number of H-pyrrole nitrogens is 1. The summed E-state index contributed by atoms with van der Waals surface area (Å²) in [6.45, 7) is 4.29. The number of ether oxygens (including phenoxy) is 1. The van der Waals surface area contributed by atoms with Gasteiger partial charge in [-0.15, -0.1) is 0 Å². The largest absolute Gasteiger partial charge is 0.491 e. The van der Waals surface area contributed by atoms with Crippen LogP contribution in [0.1, 0.15) is 29.4 Å². The van der Waals surface area contributed by atoms with Crippen LogP contribution in [0.3, 0.4) is 0 Å². The minimum Gasteiger partial charge on any atom is -0.491 e. The van der Waals surface area contributed by atoms with E-state index in [0.717, 1.165) is 17.9 Å². The number of aromatic amines is 1. The molecule has 1 heterocycles. The van der Waals surface area contributed by atoms with Crippen molar-refractivity contribution in [2.45, 2.75) is 26.3 Å². The molecule has 0 saturated heterocycles. The molecule has 1 amide bonds. The van der Waals surface area contributed by atoms with Crippen LogP contribution in [0.4, 0.5) is 0 Å². The fraction of sp³-hybridized carbons (Fsp3) is 0.333. The molecule has 2 aromatic rings. The molecule has 0 fully saturated rings. The monoisotopic (exact) mass is 273 g/mol. The third-order valence-corrected chi connectivity index (χ3v) is 3.10.